The van der Waals surface area contributed by atoms with Crippen molar-refractivity contribution < 1.29 is 4.74 Å². The zero-order chi connectivity index (χ0) is 16.7. The van der Waals surface area contributed by atoms with Crippen LogP contribution in [0.5, 0.6) is 0 Å². The summed E-state index contributed by atoms with van der Waals surface area (Å²) in [6.45, 7) is 9.39. The van der Waals surface area contributed by atoms with Crippen LogP contribution in [0, 0.1) is 20.8 Å². The van der Waals surface area contributed by atoms with E-state index in [1.807, 2.05) is 19.9 Å². The Morgan fingerprint density at radius 3 is 2.96 bits per heavy atom. The summed E-state index contributed by atoms with van der Waals surface area (Å²) in [6.07, 6.45) is 2.11. The molecule has 0 unspecified atom stereocenters. The smallest absolute Gasteiger partial charge is 0.194 e. The van der Waals surface area contributed by atoms with Crippen LogP contribution < -0.4 is 0 Å². The molecule has 0 radical (unpaired) electrons. The normalized spacial score (nSPS) is 19.2. The minimum atomic E-state index is 0.00495. The molecular weight excluding hydrogens is 322 g/mol. The molecule has 4 heterocycles. The molecule has 3 aromatic heterocycles. The maximum absolute atomic E-state index is 5.97. The van der Waals surface area contributed by atoms with Crippen LogP contribution in [0.25, 0.3) is 4.96 Å². The summed E-state index contributed by atoms with van der Waals surface area (Å²) in [4.78, 5) is 17.1. The Morgan fingerprint density at radius 1 is 1.25 bits per heavy atom. The first kappa shape index (κ1) is 15.7. The molecule has 1 aliphatic heterocycles. The Morgan fingerprint density at radius 2 is 2.12 bits per heavy atom. The van der Waals surface area contributed by atoms with Crippen LogP contribution in [0.2, 0.25) is 0 Å². The molecule has 0 spiro atoms. The van der Waals surface area contributed by atoms with E-state index in [-0.39, 0.29) is 6.10 Å². The van der Waals surface area contributed by atoms with Crippen molar-refractivity contribution in [1.82, 2.24) is 24.3 Å². The van der Waals surface area contributed by atoms with Gasteiger partial charge in [0.05, 0.1) is 23.7 Å². The third-order valence-electron chi connectivity index (χ3n) is 4.40. The molecule has 6 nitrogen and oxygen atoms in total. The number of hydrogen-bond donors (Lipinski definition) is 0. The minimum Gasteiger partial charge on any atom is -0.369 e. The molecule has 7 heteroatoms. The number of morpholine rings is 1. The number of nitrogens with zero attached hydrogens (tertiary/aromatic N) is 5. The van der Waals surface area contributed by atoms with Crippen molar-refractivity contribution in [2.24, 2.45) is 0 Å². The lowest BCUT2D eigenvalue weighted by atomic mass is 10.1. The molecule has 0 aliphatic carbocycles. The Hall–Kier alpha value is -1.83. The molecular formula is C17H21N5OS. The van der Waals surface area contributed by atoms with Crippen LogP contribution in [0.3, 0.4) is 0 Å². The highest BCUT2D eigenvalue weighted by molar-refractivity contribution is 7.15. The topological polar surface area (TPSA) is 55.6 Å². The average molecular weight is 343 g/mol. The number of rotatable bonds is 3. The van der Waals surface area contributed by atoms with E-state index < -0.39 is 0 Å². The van der Waals surface area contributed by atoms with Crippen molar-refractivity contribution in [3.63, 3.8) is 0 Å². The van der Waals surface area contributed by atoms with E-state index in [9.17, 15) is 0 Å². The van der Waals surface area contributed by atoms with Gasteiger partial charge in [-0.2, -0.15) is 0 Å². The van der Waals surface area contributed by atoms with Gasteiger partial charge in [-0.15, -0.1) is 11.3 Å². The van der Waals surface area contributed by atoms with E-state index in [4.69, 9.17) is 4.74 Å². The molecule has 0 amide bonds. The van der Waals surface area contributed by atoms with Gasteiger partial charge in [0.2, 0.25) is 0 Å². The van der Waals surface area contributed by atoms with E-state index >= 15 is 0 Å². The number of aromatic nitrogens is 4. The maximum atomic E-state index is 5.97. The Bertz CT molecular complexity index is 851. The number of ether oxygens (including phenoxy) is 1. The first-order chi connectivity index (χ1) is 11.6. The molecule has 1 saturated heterocycles. The fraction of sp³-hybridized carbons (Fsp3) is 0.471. The average Bonchev–Trinajstić information content (AvgIpc) is 3.10. The summed E-state index contributed by atoms with van der Waals surface area (Å²) in [6, 6.07) is 2.03. The van der Waals surface area contributed by atoms with Gasteiger partial charge in [0.1, 0.15) is 11.9 Å². The van der Waals surface area contributed by atoms with Crippen LogP contribution in [0.15, 0.2) is 17.6 Å². The van der Waals surface area contributed by atoms with Gasteiger partial charge in [-0.1, -0.05) is 0 Å². The van der Waals surface area contributed by atoms with E-state index in [1.165, 1.54) is 5.69 Å². The van der Waals surface area contributed by atoms with E-state index in [2.05, 4.69) is 42.8 Å². The van der Waals surface area contributed by atoms with Gasteiger partial charge < -0.3 is 4.74 Å². The fourth-order valence-electron chi connectivity index (χ4n) is 3.28. The van der Waals surface area contributed by atoms with Crippen LogP contribution in [-0.2, 0) is 11.3 Å². The van der Waals surface area contributed by atoms with Crippen LogP contribution >= 0.6 is 11.3 Å². The molecule has 1 aliphatic rings. The molecule has 1 atom stereocenters. The van der Waals surface area contributed by atoms with Gasteiger partial charge in [0, 0.05) is 36.9 Å². The third kappa shape index (κ3) is 2.94. The second-order valence-corrected chi connectivity index (χ2v) is 7.15. The first-order valence-electron chi connectivity index (χ1n) is 8.17. The highest BCUT2D eigenvalue weighted by atomic mass is 32.1. The first-order valence-corrected chi connectivity index (χ1v) is 9.05. The van der Waals surface area contributed by atoms with Crippen molar-refractivity contribution >= 4 is 16.3 Å². The summed E-state index contributed by atoms with van der Waals surface area (Å²) < 4.78 is 8.17. The largest absolute Gasteiger partial charge is 0.369 e. The number of aryl methyl sites for hydroxylation is 3. The lowest BCUT2D eigenvalue weighted by Crippen LogP contribution is -2.38. The Balaban J connectivity index is 1.54. The summed E-state index contributed by atoms with van der Waals surface area (Å²) in [5.41, 5.74) is 4.35. The lowest BCUT2D eigenvalue weighted by molar-refractivity contribution is -0.0356. The van der Waals surface area contributed by atoms with E-state index in [1.54, 1.807) is 11.3 Å². The molecule has 0 saturated carbocycles. The summed E-state index contributed by atoms with van der Waals surface area (Å²) in [5.74, 6) is 0.803. The third-order valence-corrected chi connectivity index (χ3v) is 5.16. The molecule has 1 fully saturated rings. The summed E-state index contributed by atoms with van der Waals surface area (Å²) in [5, 5.41) is 2.08. The van der Waals surface area contributed by atoms with Crippen molar-refractivity contribution in [2.75, 3.05) is 19.7 Å². The highest BCUT2D eigenvalue weighted by Gasteiger charge is 2.25. The van der Waals surface area contributed by atoms with Gasteiger partial charge in [0.25, 0.3) is 0 Å². The van der Waals surface area contributed by atoms with E-state index in [0.717, 1.165) is 54.1 Å². The molecule has 0 N–H and O–H groups in total. The Labute approximate surface area is 145 Å². The van der Waals surface area contributed by atoms with Gasteiger partial charge in [-0.05, 0) is 26.8 Å². The van der Waals surface area contributed by atoms with Crippen molar-refractivity contribution in [2.45, 2.75) is 33.4 Å². The monoisotopic (exact) mass is 343 g/mol. The predicted molar refractivity (Wildman–Crippen MR) is 93.3 cm³/mol. The molecule has 4 rings (SSSR count). The number of thiazole rings is 1. The van der Waals surface area contributed by atoms with Crippen LogP contribution in [0.4, 0.5) is 0 Å². The van der Waals surface area contributed by atoms with Crippen molar-refractivity contribution in [3.8, 4) is 0 Å². The van der Waals surface area contributed by atoms with Gasteiger partial charge in [-0.3, -0.25) is 9.30 Å². The van der Waals surface area contributed by atoms with Crippen LogP contribution in [-0.4, -0.2) is 43.9 Å². The fourth-order valence-corrected chi connectivity index (χ4v) is 4.06. The number of fused-ring (bicyclic) bond motifs is 1. The van der Waals surface area contributed by atoms with E-state index in [0.29, 0.717) is 0 Å². The molecule has 0 bridgehead atoms. The van der Waals surface area contributed by atoms with Crippen molar-refractivity contribution in [1.29, 1.82) is 0 Å². The molecule has 24 heavy (non-hydrogen) atoms. The van der Waals surface area contributed by atoms with Gasteiger partial charge >= 0.3 is 0 Å². The Kier molecular flexibility index (Phi) is 4.07. The second kappa shape index (κ2) is 6.23. The SMILES string of the molecule is Cc1cc([C@H]2CN(Cc3c(C)nc4sccn34)CCO2)nc(C)n1. The summed E-state index contributed by atoms with van der Waals surface area (Å²) in [7, 11) is 0. The highest BCUT2D eigenvalue weighted by Crippen LogP contribution is 2.24. The van der Waals surface area contributed by atoms with Gasteiger partial charge in [-0.25, -0.2) is 15.0 Å². The zero-order valence-electron chi connectivity index (χ0n) is 14.2. The maximum Gasteiger partial charge on any atom is 0.194 e. The quantitative estimate of drug-likeness (QED) is 0.732. The number of hydrogen-bond acceptors (Lipinski definition) is 6. The minimum absolute atomic E-state index is 0.00495. The lowest BCUT2D eigenvalue weighted by Gasteiger charge is -2.32. The predicted octanol–water partition coefficient (Wildman–Crippen LogP) is 2.68. The standard InChI is InChI=1S/C17H21N5OS/c1-11-8-14(20-13(3)18-11)16-10-21(4-6-23-16)9-15-12(2)19-17-22(15)5-7-24-17/h5,7-8,16H,4,6,9-10H2,1-3H3/t16-/m1/s1. The second-order valence-electron chi connectivity index (χ2n) is 6.28. The number of imidazole rings is 1. The van der Waals surface area contributed by atoms with Gasteiger partial charge in [0.15, 0.2) is 4.96 Å². The van der Waals surface area contributed by atoms with Crippen LogP contribution in [0.1, 0.15) is 34.7 Å². The molecule has 126 valence electrons. The molecule has 3 aromatic rings. The zero-order valence-corrected chi connectivity index (χ0v) is 15.0. The van der Waals surface area contributed by atoms with Crippen molar-refractivity contribution in [3.05, 3.63) is 46.2 Å². The molecule has 0 aromatic carbocycles. The summed E-state index contributed by atoms with van der Waals surface area (Å²) >= 11 is 1.68.